The summed E-state index contributed by atoms with van der Waals surface area (Å²) in [7, 11) is 1.32. The number of carbonyl (C=O) groups excluding carboxylic acids is 4. The number of aromatic nitrogens is 2. The van der Waals surface area contributed by atoms with E-state index >= 15 is 0 Å². The van der Waals surface area contributed by atoms with Gasteiger partial charge in [-0.05, 0) is 68.0 Å². The molecule has 4 aliphatic rings. The van der Waals surface area contributed by atoms with Crippen LogP contribution < -0.4 is 15.4 Å². The van der Waals surface area contributed by atoms with Crippen LogP contribution in [-0.4, -0.2) is 75.9 Å². The van der Waals surface area contributed by atoms with Gasteiger partial charge in [0.05, 0.1) is 35.3 Å². The number of fused-ring (bicyclic) bond motifs is 3. The zero-order valence-electron chi connectivity index (χ0n) is 27.1. The number of amides is 3. The van der Waals surface area contributed by atoms with Gasteiger partial charge in [-0.1, -0.05) is 31.1 Å². The number of ether oxygens (including phenoxy) is 2. The summed E-state index contributed by atoms with van der Waals surface area (Å²) in [6.07, 6.45) is 12.3. The highest BCUT2D eigenvalue weighted by Crippen LogP contribution is 2.46. The molecule has 3 fully saturated rings. The third kappa shape index (κ3) is 6.80. The Morgan fingerprint density at radius 1 is 1.12 bits per heavy atom. The van der Waals surface area contributed by atoms with Crippen LogP contribution in [0.2, 0.25) is 0 Å². The van der Waals surface area contributed by atoms with E-state index in [0.29, 0.717) is 42.3 Å². The van der Waals surface area contributed by atoms with Gasteiger partial charge in [-0.2, -0.15) is 0 Å². The number of esters is 1. The Morgan fingerprint density at radius 2 is 2.00 bits per heavy atom. The molecule has 48 heavy (non-hydrogen) atoms. The third-order valence-corrected chi connectivity index (χ3v) is 10.8. The van der Waals surface area contributed by atoms with Crippen LogP contribution in [0.15, 0.2) is 54.1 Å². The van der Waals surface area contributed by atoms with Gasteiger partial charge in [0.25, 0.3) is 0 Å². The molecule has 2 N–H and O–H groups in total. The van der Waals surface area contributed by atoms with Gasteiger partial charge in [-0.15, -0.1) is 11.3 Å². The fraction of sp³-hybridized carbons (Fsp3) is 0.500. The molecule has 12 heteroatoms. The lowest BCUT2D eigenvalue weighted by Gasteiger charge is -2.29. The molecule has 0 aromatic carbocycles. The molecule has 7 rings (SSSR count). The smallest absolute Gasteiger partial charge is 0.332 e. The lowest BCUT2D eigenvalue weighted by atomic mass is 10.0. The molecule has 252 valence electrons. The molecule has 3 aromatic rings. The van der Waals surface area contributed by atoms with Crippen LogP contribution in [0.25, 0.3) is 21.6 Å². The molecule has 2 saturated carbocycles. The molecule has 3 aromatic heterocycles. The minimum atomic E-state index is -1.17. The molecule has 3 amide bonds. The van der Waals surface area contributed by atoms with Crippen molar-refractivity contribution in [2.45, 2.75) is 87.9 Å². The van der Waals surface area contributed by atoms with Crippen molar-refractivity contribution in [2.24, 2.45) is 11.8 Å². The second-order valence-corrected chi connectivity index (χ2v) is 14.4. The lowest BCUT2D eigenvalue weighted by Crippen LogP contribution is -2.56. The van der Waals surface area contributed by atoms with E-state index in [9.17, 15) is 19.2 Å². The molecule has 0 bridgehead atoms. The highest BCUT2D eigenvalue weighted by molar-refractivity contribution is 7.17. The Balaban J connectivity index is 1.19. The normalized spacial score (nSPS) is 28.3. The predicted molar refractivity (Wildman–Crippen MR) is 180 cm³/mol. The predicted octanol–water partition coefficient (Wildman–Crippen LogP) is 4.56. The fourth-order valence-electron chi connectivity index (χ4n) is 6.99. The largest absolute Gasteiger partial charge is 0.487 e. The topological polar surface area (TPSA) is 140 Å². The van der Waals surface area contributed by atoms with E-state index in [-0.39, 0.29) is 30.7 Å². The molecule has 5 heterocycles. The van der Waals surface area contributed by atoms with Crippen LogP contribution in [0.1, 0.15) is 64.2 Å². The molecule has 11 nitrogen and oxygen atoms in total. The monoisotopic (exact) mass is 671 g/mol. The van der Waals surface area contributed by atoms with Gasteiger partial charge in [0.2, 0.25) is 17.7 Å². The Morgan fingerprint density at radius 3 is 2.79 bits per heavy atom. The summed E-state index contributed by atoms with van der Waals surface area (Å²) < 4.78 is 12.6. The number of pyridine rings is 2. The maximum absolute atomic E-state index is 14.4. The van der Waals surface area contributed by atoms with Gasteiger partial charge in [0, 0.05) is 31.0 Å². The van der Waals surface area contributed by atoms with Crippen molar-refractivity contribution in [2.75, 3.05) is 13.7 Å². The van der Waals surface area contributed by atoms with E-state index in [1.54, 1.807) is 11.1 Å². The zero-order valence-corrected chi connectivity index (χ0v) is 27.9. The summed E-state index contributed by atoms with van der Waals surface area (Å²) in [5.41, 5.74) is 0.963. The maximum atomic E-state index is 14.4. The van der Waals surface area contributed by atoms with Crippen LogP contribution in [0.3, 0.4) is 0 Å². The molecular weight excluding hydrogens is 630 g/mol. The number of methoxy groups -OCH3 is 1. The van der Waals surface area contributed by atoms with Crippen molar-refractivity contribution >= 4 is 45.2 Å². The summed E-state index contributed by atoms with van der Waals surface area (Å²) in [6.45, 7) is 0.147. The van der Waals surface area contributed by atoms with E-state index in [4.69, 9.17) is 14.5 Å². The number of thiophene rings is 1. The molecule has 0 unspecified atom stereocenters. The SMILES string of the molecule is COC(=O)[C@@]12C[C@H]1/C=C\CCCCC[C@H](NC(=O)CC1CC1)C(=O)N1C[C@H](Oc3cc(-c4ccccn4)nc4ccsc34)C[C@H]1C(=O)N2. The second-order valence-electron chi connectivity index (χ2n) is 13.4. The van der Waals surface area contributed by atoms with E-state index in [0.717, 1.165) is 48.7 Å². The van der Waals surface area contributed by atoms with E-state index in [1.807, 2.05) is 41.8 Å². The average Bonchev–Trinajstić information content (AvgIpc) is 3.92. The van der Waals surface area contributed by atoms with Gasteiger partial charge in [-0.25, -0.2) is 9.78 Å². The van der Waals surface area contributed by atoms with Crippen molar-refractivity contribution in [3.05, 3.63) is 54.1 Å². The van der Waals surface area contributed by atoms with Crippen LogP contribution in [0.4, 0.5) is 0 Å². The summed E-state index contributed by atoms with van der Waals surface area (Å²) >= 11 is 1.51. The molecule has 5 atom stereocenters. The Hall–Kier alpha value is -4.32. The molecular formula is C36H41N5O6S. The molecule has 1 saturated heterocycles. The van der Waals surface area contributed by atoms with Crippen molar-refractivity contribution in [3.8, 4) is 17.1 Å². The number of carbonyl (C=O) groups is 4. The third-order valence-electron chi connectivity index (χ3n) is 9.89. The van der Waals surface area contributed by atoms with Crippen molar-refractivity contribution in [1.29, 1.82) is 0 Å². The lowest BCUT2D eigenvalue weighted by molar-refractivity contribution is -0.148. The maximum Gasteiger partial charge on any atom is 0.332 e. The number of hydrogen-bond acceptors (Lipinski definition) is 9. The van der Waals surface area contributed by atoms with Gasteiger partial charge in [-0.3, -0.25) is 19.4 Å². The standard InChI is InChI=1S/C36H41N5O6S/c1-46-35(45)36-20-23(36)9-5-3-2-4-6-11-27(39-31(42)17-22-12-13-22)34(44)41-21-24(18-29(41)33(43)40-36)47-30-19-28(25-10-7-8-15-37-25)38-26-14-16-48-32(26)30/h5,7-10,14-16,19,22-24,27,29H,2-4,6,11-13,17-18,20-21H2,1H3,(H,39,42)(H,40,43)/b9-5-/t23-,24-,27+,29+,36-/m1/s1. The quantitative estimate of drug-likeness (QED) is 0.275. The molecule has 0 radical (unpaired) electrons. The van der Waals surface area contributed by atoms with Crippen LogP contribution in [-0.2, 0) is 23.9 Å². The Bertz CT molecular complexity index is 1720. The fourth-order valence-corrected chi connectivity index (χ4v) is 7.78. The van der Waals surface area contributed by atoms with Gasteiger partial charge < -0.3 is 25.0 Å². The Labute approximate surface area is 283 Å². The zero-order chi connectivity index (χ0) is 33.3. The highest BCUT2D eigenvalue weighted by atomic mass is 32.1. The highest BCUT2D eigenvalue weighted by Gasteiger charge is 2.62. The first-order valence-corrected chi connectivity index (χ1v) is 17.9. The van der Waals surface area contributed by atoms with Crippen molar-refractivity contribution in [1.82, 2.24) is 25.5 Å². The number of rotatable bonds is 7. The minimum Gasteiger partial charge on any atom is -0.487 e. The van der Waals surface area contributed by atoms with Gasteiger partial charge >= 0.3 is 5.97 Å². The van der Waals surface area contributed by atoms with Crippen molar-refractivity contribution in [3.63, 3.8) is 0 Å². The van der Waals surface area contributed by atoms with Crippen LogP contribution in [0, 0.1) is 11.8 Å². The number of allylic oxidation sites excluding steroid dienone is 1. The molecule has 2 aliphatic carbocycles. The number of hydrogen-bond donors (Lipinski definition) is 2. The summed E-state index contributed by atoms with van der Waals surface area (Å²) in [4.78, 5) is 65.3. The van der Waals surface area contributed by atoms with Crippen LogP contribution in [0.5, 0.6) is 5.75 Å². The molecule has 2 aliphatic heterocycles. The molecule has 0 spiro atoms. The van der Waals surface area contributed by atoms with E-state index < -0.39 is 35.6 Å². The minimum absolute atomic E-state index is 0.130. The first kappa shape index (κ1) is 32.2. The average molecular weight is 672 g/mol. The van der Waals surface area contributed by atoms with Gasteiger partial charge in [0.1, 0.15) is 29.5 Å². The second kappa shape index (κ2) is 13.7. The van der Waals surface area contributed by atoms with E-state index in [2.05, 4.69) is 21.7 Å². The number of nitrogens with zero attached hydrogens (tertiary/aromatic N) is 3. The van der Waals surface area contributed by atoms with Gasteiger partial charge in [0.15, 0.2) is 0 Å². The first-order valence-electron chi connectivity index (χ1n) is 17.0. The summed E-state index contributed by atoms with van der Waals surface area (Å²) in [6, 6.07) is 7.75. The first-order chi connectivity index (χ1) is 23.3. The van der Waals surface area contributed by atoms with E-state index in [1.165, 1.54) is 18.4 Å². The van der Waals surface area contributed by atoms with Crippen LogP contribution >= 0.6 is 11.3 Å². The number of nitrogens with one attached hydrogen (secondary N) is 2. The summed E-state index contributed by atoms with van der Waals surface area (Å²) in [5, 5.41) is 7.96. The Kier molecular flexibility index (Phi) is 9.17. The van der Waals surface area contributed by atoms with Crippen molar-refractivity contribution < 1.29 is 28.7 Å². The summed E-state index contributed by atoms with van der Waals surface area (Å²) in [5.74, 6) is -0.564.